The van der Waals surface area contributed by atoms with Crippen molar-refractivity contribution < 1.29 is 19.4 Å². The average molecular weight is 511 g/mol. The molecule has 0 aliphatic carbocycles. The number of carbonyl (C=O) groups excluding carboxylic acids is 1. The topological polar surface area (TPSA) is 63.6 Å². The van der Waals surface area contributed by atoms with E-state index >= 15 is 0 Å². The van der Waals surface area contributed by atoms with Gasteiger partial charge >= 0.3 is 11.9 Å². The van der Waals surface area contributed by atoms with Gasteiger partial charge in [0.2, 0.25) is 0 Å². The molecule has 1 unspecified atom stereocenters. The molecule has 4 nitrogen and oxygen atoms in total. The van der Waals surface area contributed by atoms with Crippen LogP contribution in [0.5, 0.6) is 0 Å². The van der Waals surface area contributed by atoms with Crippen molar-refractivity contribution >= 4 is 11.9 Å². The van der Waals surface area contributed by atoms with Gasteiger partial charge in [0, 0.05) is 12.8 Å². The first-order valence-electron chi connectivity index (χ1n) is 16.0. The van der Waals surface area contributed by atoms with E-state index in [1.807, 2.05) is 0 Å². The van der Waals surface area contributed by atoms with Crippen LogP contribution in [0.1, 0.15) is 187 Å². The van der Waals surface area contributed by atoms with Crippen molar-refractivity contribution in [3.8, 4) is 0 Å². The molecule has 0 aromatic heterocycles. The Labute approximate surface area is 224 Å². The summed E-state index contributed by atoms with van der Waals surface area (Å²) in [5.74, 6) is -0.680. The first-order chi connectivity index (χ1) is 17.6. The van der Waals surface area contributed by atoms with Crippen LogP contribution >= 0.6 is 0 Å². The minimum Gasteiger partial charge on any atom is -0.481 e. The molecular weight excluding hydrogens is 448 g/mol. The van der Waals surface area contributed by atoms with E-state index in [0.717, 1.165) is 64.2 Å². The van der Waals surface area contributed by atoms with Gasteiger partial charge in [-0.25, -0.2) is 0 Å². The molecule has 0 amide bonds. The smallest absolute Gasteiger partial charge is 0.306 e. The van der Waals surface area contributed by atoms with Crippen molar-refractivity contribution in [1.82, 2.24) is 0 Å². The molecular formula is C32H62O4. The van der Waals surface area contributed by atoms with E-state index in [4.69, 9.17) is 9.84 Å². The Morgan fingerprint density at radius 1 is 0.500 bits per heavy atom. The molecule has 214 valence electrons. The highest BCUT2D eigenvalue weighted by Gasteiger charge is 2.13. The molecule has 4 heteroatoms. The zero-order chi connectivity index (χ0) is 26.5. The second-order valence-electron chi connectivity index (χ2n) is 11.0. The van der Waals surface area contributed by atoms with Crippen molar-refractivity contribution in [2.75, 3.05) is 0 Å². The van der Waals surface area contributed by atoms with E-state index in [9.17, 15) is 9.59 Å². The molecule has 0 fully saturated rings. The van der Waals surface area contributed by atoms with Crippen LogP contribution in [0.3, 0.4) is 0 Å². The standard InChI is InChI=1S/C32H62O4/c1-3-5-7-8-9-10-11-12-13-14-15-19-22-25-29-32(35)36-30(26-6-4-2)27-23-20-17-16-18-21-24-28-31(33)34/h30H,3-29H2,1-2H3,(H,33,34). The molecule has 1 atom stereocenters. The van der Waals surface area contributed by atoms with Gasteiger partial charge in [-0.2, -0.15) is 0 Å². The normalized spacial score (nSPS) is 12.1. The van der Waals surface area contributed by atoms with Crippen LogP contribution in [0.4, 0.5) is 0 Å². The van der Waals surface area contributed by atoms with Crippen LogP contribution in [0, 0.1) is 0 Å². The van der Waals surface area contributed by atoms with Gasteiger partial charge in [-0.05, 0) is 32.1 Å². The molecule has 0 aromatic carbocycles. The highest BCUT2D eigenvalue weighted by Crippen LogP contribution is 2.18. The summed E-state index contributed by atoms with van der Waals surface area (Å²) in [6, 6.07) is 0. The predicted molar refractivity (Wildman–Crippen MR) is 154 cm³/mol. The van der Waals surface area contributed by atoms with Gasteiger partial charge in [-0.15, -0.1) is 0 Å². The molecule has 0 heterocycles. The maximum Gasteiger partial charge on any atom is 0.306 e. The summed E-state index contributed by atoms with van der Waals surface area (Å²) in [5.41, 5.74) is 0. The van der Waals surface area contributed by atoms with Crippen LogP contribution < -0.4 is 0 Å². The Hall–Kier alpha value is -1.06. The van der Waals surface area contributed by atoms with Crippen molar-refractivity contribution in [3.63, 3.8) is 0 Å². The monoisotopic (exact) mass is 510 g/mol. The van der Waals surface area contributed by atoms with E-state index in [0.29, 0.717) is 12.8 Å². The number of esters is 1. The number of carbonyl (C=O) groups is 2. The summed E-state index contributed by atoms with van der Waals surface area (Å²) >= 11 is 0. The van der Waals surface area contributed by atoms with E-state index in [-0.39, 0.29) is 12.1 Å². The third-order valence-electron chi connectivity index (χ3n) is 7.33. The van der Waals surface area contributed by atoms with Crippen molar-refractivity contribution in [3.05, 3.63) is 0 Å². The third kappa shape index (κ3) is 27.5. The van der Waals surface area contributed by atoms with E-state index < -0.39 is 5.97 Å². The summed E-state index contributed by atoms with van der Waals surface area (Å²) in [5, 5.41) is 8.67. The maximum atomic E-state index is 12.4. The summed E-state index contributed by atoms with van der Waals surface area (Å²) < 4.78 is 5.85. The number of rotatable bonds is 29. The lowest BCUT2D eigenvalue weighted by Gasteiger charge is -2.18. The molecule has 1 N–H and O–H groups in total. The SMILES string of the molecule is CCCCCCCCCCCCCCCCC(=O)OC(CCCC)CCCCCCCCCC(=O)O. The Morgan fingerprint density at radius 3 is 1.31 bits per heavy atom. The number of hydrogen-bond acceptors (Lipinski definition) is 3. The van der Waals surface area contributed by atoms with E-state index in [1.54, 1.807) is 0 Å². The van der Waals surface area contributed by atoms with E-state index in [1.165, 1.54) is 96.3 Å². The predicted octanol–water partition coefficient (Wildman–Crippen LogP) is 10.6. The molecule has 0 aromatic rings. The molecule has 0 bridgehead atoms. The van der Waals surface area contributed by atoms with Crippen LogP contribution in [0.25, 0.3) is 0 Å². The second-order valence-corrected chi connectivity index (χ2v) is 11.0. The fourth-order valence-corrected chi connectivity index (χ4v) is 4.93. The minimum atomic E-state index is -0.688. The minimum absolute atomic E-state index is 0.00784. The molecule has 0 aliphatic rings. The summed E-state index contributed by atoms with van der Waals surface area (Å²) in [6.07, 6.45) is 31.5. The first kappa shape index (κ1) is 34.9. The van der Waals surface area contributed by atoms with Crippen LogP contribution in [-0.2, 0) is 14.3 Å². The molecule has 0 spiro atoms. The van der Waals surface area contributed by atoms with Gasteiger partial charge in [0.15, 0.2) is 0 Å². The maximum absolute atomic E-state index is 12.4. The van der Waals surface area contributed by atoms with Crippen LogP contribution in [0.15, 0.2) is 0 Å². The number of ether oxygens (including phenoxy) is 1. The zero-order valence-corrected chi connectivity index (χ0v) is 24.3. The number of hydrogen-bond donors (Lipinski definition) is 1. The van der Waals surface area contributed by atoms with Gasteiger partial charge in [0.1, 0.15) is 6.10 Å². The highest BCUT2D eigenvalue weighted by atomic mass is 16.5. The van der Waals surface area contributed by atoms with E-state index in [2.05, 4.69) is 13.8 Å². The number of unbranched alkanes of at least 4 members (excludes halogenated alkanes) is 20. The molecule has 0 saturated heterocycles. The molecule has 0 saturated carbocycles. The highest BCUT2D eigenvalue weighted by molar-refractivity contribution is 5.69. The van der Waals surface area contributed by atoms with Crippen LogP contribution in [-0.4, -0.2) is 23.1 Å². The van der Waals surface area contributed by atoms with Gasteiger partial charge < -0.3 is 9.84 Å². The Kier molecular flexibility index (Phi) is 27.7. The van der Waals surface area contributed by atoms with Crippen LogP contribution in [0.2, 0.25) is 0 Å². The number of carboxylic acid groups (broad SMARTS) is 1. The third-order valence-corrected chi connectivity index (χ3v) is 7.33. The average Bonchev–Trinajstić information content (AvgIpc) is 2.86. The molecule has 0 rings (SSSR count). The molecule has 0 aliphatic heterocycles. The summed E-state index contributed by atoms with van der Waals surface area (Å²) in [4.78, 5) is 22.9. The summed E-state index contributed by atoms with van der Waals surface area (Å²) in [6.45, 7) is 4.47. The lowest BCUT2D eigenvalue weighted by Crippen LogP contribution is -2.18. The zero-order valence-electron chi connectivity index (χ0n) is 24.3. The molecule has 0 radical (unpaired) electrons. The Balaban J connectivity index is 3.64. The van der Waals surface area contributed by atoms with Gasteiger partial charge in [0.25, 0.3) is 0 Å². The van der Waals surface area contributed by atoms with Gasteiger partial charge in [0.05, 0.1) is 0 Å². The number of carboxylic acids is 1. The van der Waals surface area contributed by atoms with Crippen molar-refractivity contribution in [2.45, 2.75) is 193 Å². The Morgan fingerprint density at radius 2 is 0.861 bits per heavy atom. The fourth-order valence-electron chi connectivity index (χ4n) is 4.93. The lowest BCUT2D eigenvalue weighted by atomic mass is 10.0. The van der Waals surface area contributed by atoms with Crippen molar-refractivity contribution in [2.24, 2.45) is 0 Å². The quantitative estimate of drug-likeness (QED) is 0.0802. The van der Waals surface area contributed by atoms with Crippen molar-refractivity contribution in [1.29, 1.82) is 0 Å². The summed E-state index contributed by atoms with van der Waals surface area (Å²) in [7, 11) is 0. The first-order valence-corrected chi connectivity index (χ1v) is 16.0. The fraction of sp³-hybridized carbons (Fsp3) is 0.938. The van der Waals surface area contributed by atoms with Gasteiger partial charge in [-0.3, -0.25) is 9.59 Å². The Bertz CT molecular complexity index is 477. The lowest BCUT2D eigenvalue weighted by molar-refractivity contribution is -0.150. The number of aliphatic carboxylic acids is 1. The second kappa shape index (κ2) is 28.5. The largest absolute Gasteiger partial charge is 0.481 e. The van der Waals surface area contributed by atoms with Gasteiger partial charge in [-0.1, -0.05) is 142 Å². The molecule has 36 heavy (non-hydrogen) atoms.